The molecule has 52 heavy (non-hydrogen) atoms. The van der Waals surface area contributed by atoms with E-state index in [0.717, 1.165) is 43.6 Å². The Hall–Kier alpha value is -6.80. The molecule has 8 rings (SSSR count). The van der Waals surface area contributed by atoms with Gasteiger partial charge in [-0.05, 0) is 48.5 Å². The topological polar surface area (TPSA) is 120 Å². The molecule has 0 radical (unpaired) electrons. The first-order valence-electron chi connectivity index (χ1n) is 16.6. The molecule has 0 fully saturated rings. The highest BCUT2D eigenvalue weighted by molar-refractivity contribution is 5.96. The lowest BCUT2D eigenvalue weighted by molar-refractivity contribution is 0.100. The number of hydrogen-bond acceptors (Lipinski definition) is 8. The number of aromatic nitrogens is 4. The van der Waals surface area contributed by atoms with Crippen molar-refractivity contribution in [2.45, 2.75) is 27.7 Å². The first-order chi connectivity index (χ1) is 25.1. The van der Waals surface area contributed by atoms with Crippen LogP contribution in [0.4, 0.5) is 0 Å². The molecule has 0 saturated carbocycles. The maximum Gasteiger partial charge on any atom is 0.178 e. The van der Waals surface area contributed by atoms with Crippen molar-refractivity contribution in [3.63, 3.8) is 0 Å². The Bertz CT molecular complexity index is 2210. The average molecular weight is 685 g/mol. The van der Waals surface area contributed by atoms with Gasteiger partial charge in [-0.2, -0.15) is 0 Å². The van der Waals surface area contributed by atoms with Gasteiger partial charge in [-0.15, -0.1) is 0 Å². The van der Waals surface area contributed by atoms with Crippen LogP contribution in [0, 0.1) is 0 Å². The van der Waals surface area contributed by atoms with Crippen LogP contribution in [0.2, 0.25) is 0 Å². The minimum Gasteiger partial charge on any atom is -0.293 e. The zero-order valence-electron chi connectivity index (χ0n) is 29.3. The minimum absolute atomic E-state index is 0.00533. The Morgan fingerprint density at radius 1 is 0.288 bits per heavy atom. The monoisotopic (exact) mass is 684 g/mol. The Morgan fingerprint density at radius 3 is 0.673 bits per heavy atom. The second-order valence-electron chi connectivity index (χ2n) is 11.8. The van der Waals surface area contributed by atoms with Crippen LogP contribution in [0.5, 0.6) is 0 Å². The maximum absolute atomic E-state index is 11.0. The van der Waals surface area contributed by atoms with E-state index < -0.39 is 0 Å². The lowest BCUT2D eigenvalue weighted by Crippen LogP contribution is -1.95. The Balaban J connectivity index is 0.000000134. The highest BCUT2D eigenvalue weighted by Gasteiger charge is 2.04. The van der Waals surface area contributed by atoms with Gasteiger partial charge in [0.25, 0.3) is 0 Å². The normalized spacial score (nSPS) is 10.2. The van der Waals surface area contributed by atoms with Gasteiger partial charge in [-0.3, -0.25) is 19.2 Å². The summed E-state index contributed by atoms with van der Waals surface area (Å²) in [4.78, 5) is 61.0. The van der Waals surface area contributed by atoms with Crippen molar-refractivity contribution in [2.24, 2.45) is 0 Å². The third-order valence-electron chi connectivity index (χ3n) is 7.84. The molecule has 4 heterocycles. The number of rotatable bonds is 4. The molecule has 0 aliphatic carbocycles. The first kappa shape index (κ1) is 36.5. The molecule has 4 aromatic heterocycles. The van der Waals surface area contributed by atoms with Crippen LogP contribution < -0.4 is 0 Å². The number of carbonyl (C=O) groups excluding carboxylic acids is 4. The van der Waals surface area contributed by atoms with Gasteiger partial charge in [0.1, 0.15) is 22.8 Å². The van der Waals surface area contributed by atoms with E-state index >= 15 is 0 Å². The van der Waals surface area contributed by atoms with Crippen molar-refractivity contribution in [3.05, 3.63) is 168 Å². The highest BCUT2D eigenvalue weighted by Crippen LogP contribution is 2.14. The lowest BCUT2D eigenvalue weighted by Gasteiger charge is -1.98. The van der Waals surface area contributed by atoms with Crippen LogP contribution in [-0.4, -0.2) is 43.1 Å². The van der Waals surface area contributed by atoms with Gasteiger partial charge >= 0.3 is 0 Å². The number of pyridine rings is 4. The summed E-state index contributed by atoms with van der Waals surface area (Å²) in [6.07, 6.45) is 0. The molecular weight excluding hydrogens is 649 g/mol. The van der Waals surface area contributed by atoms with Crippen LogP contribution in [0.1, 0.15) is 69.6 Å². The summed E-state index contributed by atoms with van der Waals surface area (Å²) < 4.78 is 0. The van der Waals surface area contributed by atoms with Crippen molar-refractivity contribution in [1.29, 1.82) is 0 Å². The molecule has 8 aromatic rings. The van der Waals surface area contributed by atoms with Crippen molar-refractivity contribution >= 4 is 66.7 Å². The summed E-state index contributed by atoms with van der Waals surface area (Å²) in [5, 5.41) is 4.25. The molecule has 0 aliphatic heterocycles. The van der Waals surface area contributed by atoms with Crippen LogP contribution in [0.3, 0.4) is 0 Å². The van der Waals surface area contributed by atoms with Crippen molar-refractivity contribution < 1.29 is 19.2 Å². The van der Waals surface area contributed by atoms with Gasteiger partial charge in [-0.25, -0.2) is 19.9 Å². The van der Waals surface area contributed by atoms with E-state index in [1.807, 2.05) is 121 Å². The van der Waals surface area contributed by atoms with Crippen LogP contribution >= 0.6 is 0 Å². The predicted molar refractivity (Wildman–Crippen MR) is 207 cm³/mol. The van der Waals surface area contributed by atoms with E-state index in [2.05, 4.69) is 19.9 Å². The number of hydrogen-bond donors (Lipinski definition) is 0. The van der Waals surface area contributed by atoms with Gasteiger partial charge in [0.15, 0.2) is 23.1 Å². The van der Waals surface area contributed by atoms with E-state index in [0.29, 0.717) is 22.8 Å². The molecular formula is C44H36N4O4. The highest BCUT2D eigenvalue weighted by atomic mass is 16.1. The SMILES string of the molecule is CC(=O)c1ccc2ccccc2n1.CC(=O)c1ccc2ccccc2n1.CC(=O)c1ccc2ccccc2n1.CC(=O)c1ccc2ccccc2n1. The zero-order chi connectivity index (χ0) is 37.0. The first-order valence-corrected chi connectivity index (χ1v) is 16.6. The third kappa shape index (κ3) is 9.67. The number of carbonyl (C=O) groups is 4. The van der Waals surface area contributed by atoms with Gasteiger partial charge in [0.05, 0.1) is 22.1 Å². The number of benzene rings is 4. The summed E-state index contributed by atoms with van der Waals surface area (Å²) in [5.74, 6) is 0.0213. The lowest BCUT2D eigenvalue weighted by atomic mass is 10.2. The molecule has 0 saturated heterocycles. The summed E-state index contributed by atoms with van der Waals surface area (Å²) in [6.45, 7) is 6.10. The minimum atomic E-state index is 0.00533. The molecule has 0 atom stereocenters. The maximum atomic E-state index is 11.0. The van der Waals surface area contributed by atoms with E-state index in [1.165, 1.54) is 27.7 Å². The molecule has 0 amide bonds. The molecule has 8 heteroatoms. The van der Waals surface area contributed by atoms with Crippen molar-refractivity contribution in [1.82, 2.24) is 19.9 Å². The fourth-order valence-electron chi connectivity index (χ4n) is 5.05. The Morgan fingerprint density at radius 2 is 0.481 bits per heavy atom. The number of ketones is 4. The molecule has 0 N–H and O–H groups in total. The van der Waals surface area contributed by atoms with Gasteiger partial charge in [-0.1, -0.05) is 97.1 Å². The van der Waals surface area contributed by atoms with Gasteiger partial charge < -0.3 is 0 Å². The largest absolute Gasteiger partial charge is 0.293 e. The second kappa shape index (κ2) is 17.2. The van der Waals surface area contributed by atoms with Gasteiger partial charge in [0.2, 0.25) is 0 Å². The van der Waals surface area contributed by atoms with E-state index in [1.54, 1.807) is 24.3 Å². The molecule has 0 unspecified atom stereocenters. The molecule has 0 bridgehead atoms. The molecule has 256 valence electrons. The van der Waals surface area contributed by atoms with E-state index in [9.17, 15) is 19.2 Å². The van der Waals surface area contributed by atoms with Crippen LogP contribution in [-0.2, 0) is 0 Å². The average Bonchev–Trinajstić information content (AvgIpc) is 3.17. The summed E-state index contributed by atoms with van der Waals surface area (Å²) in [5.41, 5.74) is 5.59. The Labute approximate surface area is 301 Å². The van der Waals surface area contributed by atoms with Crippen LogP contribution in [0.25, 0.3) is 43.6 Å². The molecule has 0 aliphatic rings. The molecule has 8 nitrogen and oxygen atoms in total. The summed E-state index contributed by atoms with van der Waals surface area (Å²) >= 11 is 0. The van der Waals surface area contributed by atoms with E-state index in [4.69, 9.17) is 0 Å². The predicted octanol–water partition coefficient (Wildman–Crippen LogP) is 9.75. The fourth-order valence-corrected chi connectivity index (χ4v) is 5.05. The van der Waals surface area contributed by atoms with Crippen molar-refractivity contribution in [3.8, 4) is 0 Å². The van der Waals surface area contributed by atoms with Crippen molar-refractivity contribution in [2.75, 3.05) is 0 Å². The fraction of sp³-hybridized carbons (Fsp3) is 0.0909. The van der Waals surface area contributed by atoms with Crippen LogP contribution in [0.15, 0.2) is 146 Å². The number of fused-ring (bicyclic) bond motifs is 4. The number of para-hydroxylation sites is 4. The zero-order valence-corrected chi connectivity index (χ0v) is 29.3. The standard InChI is InChI=1S/4C11H9NO/c4*1-8(13)10-7-6-9-4-2-3-5-11(9)12-10/h4*2-7H,1H3. The third-order valence-corrected chi connectivity index (χ3v) is 7.84. The molecule has 0 spiro atoms. The number of nitrogens with zero attached hydrogens (tertiary/aromatic N) is 4. The number of Topliss-reactive ketones (excluding diaryl/α,β-unsaturated/α-hetero) is 4. The summed E-state index contributed by atoms with van der Waals surface area (Å²) in [6, 6.07) is 45.7. The molecule has 4 aromatic carbocycles. The van der Waals surface area contributed by atoms with Gasteiger partial charge in [0, 0.05) is 49.2 Å². The summed E-state index contributed by atoms with van der Waals surface area (Å²) in [7, 11) is 0. The quantitative estimate of drug-likeness (QED) is 0.168. The second-order valence-corrected chi connectivity index (χ2v) is 11.8. The smallest absolute Gasteiger partial charge is 0.178 e. The van der Waals surface area contributed by atoms with E-state index in [-0.39, 0.29) is 23.1 Å². The Kier molecular flexibility index (Phi) is 12.1.